The Kier molecular flexibility index (Phi) is 9.43. The van der Waals surface area contributed by atoms with E-state index in [-0.39, 0.29) is 18.0 Å². The summed E-state index contributed by atoms with van der Waals surface area (Å²) in [5.74, 6) is -2.21. The molecule has 4 amide bonds. The lowest BCUT2D eigenvalue weighted by molar-refractivity contribution is -0.141. The van der Waals surface area contributed by atoms with Crippen molar-refractivity contribution in [2.75, 3.05) is 11.3 Å². The number of nitrogens with zero attached hydrogens (tertiary/aromatic N) is 2. The lowest BCUT2D eigenvalue weighted by atomic mass is 10.0. The average Bonchev–Trinajstić information content (AvgIpc) is 3.35. The molecule has 0 bridgehead atoms. The third-order valence-corrected chi connectivity index (χ3v) is 8.43. The number of alkyl carbamates (subject to hydrolysis) is 1. The minimum absolute atomic E-state index is 0.170. The molecule has 13 nitrogen and oxygen atoms in total. The maximum atomic E-state index is 13.7. The van der Waals surface area contributed by atoms with Gasteiger partial charge in [-0.25, -0.2) is 9.52 Å². The Morgan fingerprint density at radius 1 is 1.14 bits per heavy atom. The maximum absolute atomic E-state index is 13.7. The molecule has 1 aliphatic carbocycles. The van der Waals surface area contributed by atoms with Gasteiger partial charge in [0.1, 0.15) is 23.2 Å². The topological polar surface area (TPSA) is 176 Å². The molecule has 3 heterocycles. The van der Waals surface area contributed by atoms with Crippen LogP contribution in [0.5, 0.6) is 0 Å². The van der Waals surface area contributed by atoms with Crippen molar-refractivity contribution in [3.63, 3.8) is 0 Å². The van der Waals surface area contributed by atoms with Crippen LogP contribution in [0.4, 0.5) is 10.5 Å². The van der Waals surface area contributed by atoms with Gasteiger partial charge >= 0.3 is 16.3 Å². The molecule has 0 spiro atoms. The molecule has 1 aromatic rings. The number of ether oxygens (including phenoxy) is 1. The molecule has 1 saturated heterocycles. The van der Waals surface area contributed by atoms with Gasteiger partial charge in [0.25, 0.3) is 5.91 Å². The monoisotopic (exact) mass is 604 g/mol. The number of rotatable bonds is 5. The summed E-state index contributed by atoms with van der Waals surface area (Å²) in [6, 6.07) is 1.29. The number of aromatic nitrogens is 1. The third-order valence-electron chi connectivity index (χ3n) is 7.47. The van der Waals surface area contributed by atoms with Gasteiger partial charge < -0.3 is 20.3 Å². The summed E-state index contributed by atoms with van der Waals surface area (Å²) in [6.07, 6.45) is 10.4. The zero-order valence-corrected chi connectivity index (χ0v) is 25.0. The van der Waals surface area contributed by atoms with Gasteiger partial charge in [-0.3, -0.25) is 24.1 Å². The molecule has 2 aliphatic heterocycles. The van der Waals surface area contributed by atoms with Crippen LogP contribution in [0, 0.1) is 5.92 Å². The van der Waals surface area contributed by atoms with E-state index >= 15 is 0 Å². The lowest BCUT2D eigenvalue weighted by Gasteiger charge is -2.30. The minimum atomic E-state index is -4.32. The summed E-state index contributed by atoms with van der Waals surface area (Å²) in [5.41, 5.74) is -2.06. The Morgan fingerprint density at radius 2 is 1.93 bits per heavy atom. The smallest absolute Gasteiger partial charge is 0.408 e. The number of hydrogen-bond donors (Lipinski definition) is 4. The zero-order chi connectivity index (χ0) is 30.5. The number of anilines is 1. The molecule has 14 heteroatoms. The minimum Gasteiger partial charge on any atom is -0.444 e. The maximum Gasteiger partial charge on any atom is 0.408 e. The van der Waals surface area contributed by atoms with E-state index < -0.39 is 57.3 Å². The Bertz CT molecular complexity index is 1310. The highest BCUT2D eigenvalue weighted by atomic mass is 32.2. The van der Waals surface area contributed by atoms with Crippen LogP contribution in [0.2, 0.25) is 0 Å². The van der Waals surface area contributed by atoms with E-state index in [2.05, 4.69) is 20.3 Å². The molecule has 0 unspecified atom stereocenters. The van der Waals surface area contributed by atoms with Crippen LogP contribution in [-0.2, 0) is 29.3 Å². The first-order chi connectivity index (χ1) is 19.8. The predicted octanol–water partition coefficient (Wildman–Crippen LogP) is 2.13. The highest BCUT2D eigenvalue weighted by Gasteiger charge is 2.61. The molecule has 1 aromatic heterocycles. The quantitative estimate of drug-likeness (QED) is 0.370. The van der Waals surface area contributed by atoms with Gasteiger partial charge in [-0.2, -0.15) is 8.42 Å². The zero-order valence-electron chi connectivity index (χ0n) is 24.2. The summed E-state index contributed by atoms with van der Waals surface area (Å²) >= 11 is 0. The van der Waals surface area contributed by atoms with E-state index in [0.29, 0.717) is 38.6 Å². The van der Waals surface area contributed by atoms with Crippen LogP contribution in [0.25, 0.3) is 0 Å². The summed E-state index contributed by atoms with van der Waals surface area (Å²) in [4.78, 5) is 58.5. The van der Waals surface area contributed by atoms with Crippen molar-refractivity contribution in [3.8, 4) is 0 Å². The lowest BCUT2D eigenvalue weighted by Crippen LogP contribution is -2.58. The summed E-state index contributed by atoms with van der Waals surface area (Å²) < 4.78 is 35.1. The number of hydrogen-bond acceptors (Lipinski definition) is 8. The van der Waals surface area contributed by atoms with Crippen LogP contribution < -0.4 is 20.1 Å². The van der Waals surface area contributed by atoms with Crippen molar-refractivity contribution >= 4 is 39.7 Å². The Morgan fingerprint density at radius 3 is 2.64 bits per heavy atom. The van der Waals surface area contributed by atoms with Crippen LogP contribution >= 0.6 is 0 Å². The number of amides is 4. The van der Waals surface area contributed by atoms with Crippen LogP contribution in [-0.4, -0.2) is 71.9 Å². The van der Waals surface area contributed by atoms with Crippen molar-refractivity contribution in [1.29, 1.82) is 0 Å². The second kappa shape index (κ2) is 12.7. The first kappa shape index (κ1) is 31.3. The summed E-state index contributed by atoms with van der Waals surface area (Å²) in [7, 11) is -4.32. The Labute approximate surface area is 246 Å². The van der Waals surface area contributed by atoms with E-state index in [1.54, 1.807) is 26.8 Å². The predicted molar refractivity (Wildman–Crippen MR) is 154 cm³/mol. The molecule has 42 heavy (non-hydrogen) atoms. The van der Waals surface area contributed by atoms with Crippen molar-refractivity contribution in [1.82, 2.24) is 25.2 Å². The van der Waals surface area contributed by atoms with Gasteiger partial charge in [-0.05, 0) is 71.4 Å². The highest BCUT2D eigenvalue weighted by molar-refractivity contribution is 7.91. The first-order valence-corrected chi connectivity index (χ1v) is 15.8. The van der Waals surface area contributed by atoms with E-state index in [0.717, 1.165) is 12.8 Å². The van der Waals surface area contributed by atoms with Gasteiger partial charge in [-0.15, -0.1) is 0 Å². The molecule has 230 valence electrons. The first-order valence-electron chi connectivity index (χ1n) is 14.3. The van der Waals surface area contributed by atoms with Crippen LogP contribution in [0.1, 0.15) is 72.1 Å². The molecule has 3 aliphatic rings. The molecule has 0 aromatic carbocycles. The van der Waals surface area contributed by atoms with Gasteiger partial charge in [-0.1, -0.05) is 25.0 Å². The van der Waals surface area contributed by atoms with E-state index in [4.69, 9.17) is 4.74 Å². The van der Waals surface area contributed by atoms with Gasteiger partial charge in [0.05, 0.1) is 11.9 Å². The van der Waals surface area contributed by atoms with Gasteiger partial charge in [0.15, 0.2) is 0 Å². The molecule has 1 saturated carbocycles. The normalized spacial score (nSPS) is 27.7. The molecular formula is C28H40N6O7S. The van der Waals surface area contributed by atoms with Crippen molar-refractivity contribution in [3.05, 3.63) is 36.7 Å². The number of carbonyl (C=O) groups is 4. The van der Waals surface area contributed by atoms with E-state index in [1.165, 1.54) is 23.4 Å². The fourth-order valence-electron chi connectivity index (χ4n) is 5.36. The van der Waals surface area contributed by atoms with Crippen molar-refractivity contribution in [2.45, 2.75) is 95.4 Å². The van der Waals surface area contributed by atoms with Crippen LogP contribution in [0.15, 0.2) is 36.7 Å². The number of pyridine rings is 1. The van der Waals surface area contributed by atoms with Crippen molar-refractivity contribution in [2.24, 2.45) is 5.92 Å². The molecule has 4 N–H and O–H groups in total. The van der Waals surface area contributed by atoms with E-state index in [1.807, 2.05) is 16.9 Å². The molecule has 2 fully saturated rings. The molecule has 4 atom stereocenters. The standard InChI is InChI=1S/C28H40N6O7S/c1-27(2,3)41-26(38)30-21-13-8-6-4-5-7-11-19-17-28(19,31-23(35)22-14-10-16-34(22)24(21)36)25(37)33-42(39,40)32-20-12-9-15-29-18-20/h7,9,11-12,15,18-19,21-22,32H,4-6,8,10,13-14,16-17H2,1-3H3,(H,30,38)(H,31,35)(H,33,37)/b11-7-/t19-,21-,22-,28+/m0/s1. The van der Waals surface area contributed by atoms with Crippen molar-refractivity contribution < 1.29 is 32.3 Å². The third kappa shape index (κ3) is 7.99. The molecule has 4 rings (SSSR count). The fraction of sp³-hybridized carbons (Fsp3) is 0.607. The Balaban J connectivity index is 1.53. The SMILES string of the molecule is CC(C)(C)OC(=O)N[C@H]1CCCCC/C=C\[C@H]2C[C@@]2(C(=O)NS(=O)(=O)Nc2cccnc2)NC(=O)[C@@H]2CCCN2C1=O. The largest absolute Gasteiger partial charge is 0.444 e. The summed E-state index contributed by atoms with van der Waals surface area (Å²) in [5, 5.41) is 5.48. The number of fused-ring (bicyclic) bond motifs is 2. The van der Waals surface area contributed by atoms with Gasteiger partial charge in [0.2, 0.25) is 11.8 Å². The number of allylic oxidation sites excluding steroid dienone is 1. The number of nitrogens with one attached hydrogen (secondary N) is 4. The highest BCUT2D eigenvalue weighted by Crippen LogP contribution is 2.45. The summed E-state index contributed by atoms with van der Waals surface area (Å²) in [6.45, 7) is 5.51. The van der Waals surface area contributed by atoms with Crippen LogP contribution in [0.3, 0.4) is 0 Å². The molecule has 0 radical (unpaired) electrons. The molecular weight excluding hydrogens is 564 g/mol. The number of carbonyl (C=O) groups excluding carboxylic acids is 4. The fourth-order valence-corrected chi connectivity index (χ4v) is 6.27. The second-order valence-electron chi connectivity index (χ2n) is 12.0. The van der Waals surface area contributed by atoms with E-state index in [9.17, 15) is 27.6 Å². The Hall–Kier alpha value is -3.68. The average molecular weight is 605 g/mol. The second-order valence-corrected chi connectivity index (χ2v) is 13.4. The van der Waals surface area contributed by atoms with Gasteiger partial charge in [0, 0.05) is 18.7 Å².